The molecular formula is C59H68Cl2F2N14O8. The van der Waals surface area contributed by atoms with Gasteiger partial charge >= 0.3 is 6.03 Å². The zero-order valence-electron chi connectivity index (χ0n) is 46.5. The highest BCUT2D eigenvalue weighted by atomic mass is 35.5. The van der Waals surface area contributed by atoms with E-state index in [4.69, 9.17) is 28.7 Å². The summed E-state index contributed by atoms with van der Waals surface area (Å²) in [6.07, 6.45) is 10.3. The number of Topliss-reactive ketones (excluding diaryl/α,β-unsaturated/α-hetero) is 2. The molecule has 0 unspecified atom stereocenters. The van der Waals surface area contributed by atoms with Crippen molar-refractivity contribution >= 4 is 97.8 Å². The Morgan fingerprint density at radius 1 is 0.671 bits per heavy atom. The second-order valence-corrected chi connectivity index (χ2v) is 21.7. The number of piperidine rings is 2. The number of anilines is 1. The molecule has 2 aromatic heterocycles. The van der Waals surface area contributed by atoms with Gasteiger partial charge in [0.25, 0.3) is 0 Å². The van der Waals surface area contributed by atoms with Crippen LogP contribution in [0, 0.1) is 11.6 Å². The van der Waals surface area contributed by atoms with Crippen molar-refractivity contribution in [3.8, 4) is 0 Å². The molecule has 2 aliphatic carbocycles. The molecule has 22 nitrogen and oxygen atoms in total. The molecule has 85 heavy (non-hydrogen) atoms. The molecule has 4 N–H and O–H groups in total. The standard InChI is InChI=1S/C29H32ClFN6O4.C24H21ClFN7O4.C5H11N.CH4/c1-18(38)28-22-14-20(33-29(41)35-12-3-2-4-13-35)8-11-24(22)37(34-28)17-26(40)36(21-9-10-21)16-25(39)32-15-19-6-5-7-23(30)27(19)31;1-13(34)23-17-9-14(24(37)29-31-27)5-8-19(17)33(30-23)12-21(36)32(16-6-7-16)11-20(35)28-10-15-3-2-4-18(25)22(15)26;1-2-4-6-5-3-1;/h5-8,11,14,21H,2-4,9-10,12-13,15-17H2,1H3,(H,32,39)(H,33,41);2-5,8-9,16H,6-7,10-12H2,1H3,(H,28,35);6H,1-5H2;1H4. The highest BCUT2D eigenvalue weighted by Crippen LogP contribution is 2.30. The Bertz CT molecular complexity index is 3520. The second kappa shape index (κ2) is 30.0. The van der Waals surface area contributed by atoms with Crippen molar-refractivity contribution in [3.63, 3.8) is 0 Å². The number of fused-ring (bicyclic) bond motifs is 2. The van der Waals surface area contributed by atoms with Gasteiger partial charge < -0.3 is 36.0 Å². The third kappa shape index (κ3) is 17.2. The fourth-order valence-electron chi connectivity index (χ4n) is 9.76. The number of nitrogens with zero attached hydrogens (tertiary/aromatic N) is 10. The molecule has 7 amide bonds. The van der Waals surface area contributed by atoms with Crippen LogP contribution in [0.15, 0.2) is 77.9 Å². The largest absolute Gasteiger partial charge is 0.350 e. The molecule has 2 saturated carbocycles. The van der Waals surface area contributed by atoms with Crippen LogP contribution in [0.5, 0.6) is 0 Å². The number of carbonyl (C=O) groups excluding carboxylic acids is 8. The van der Waals surface area contributed by atoms with E-state index in [9.17, 15) is 47.1 Å². The maximum absolute atomic E-state index is 14.2. The lowest BCUT2D eigenvalue weighted by Gasteiger charge is -2.26. The Kier molecular flexibility index (Phi) is 22.7. The summed E-state index contributed by atoms with van der Waals surface area (Å²) >= 11 is 11.6. The van der Waals surface area contributed by atoms with Crippen LogP contribution in [0.2, 0.25) is 10.0 Å². The van der Waals surface area contributed by atoms with Crippen LogP contribution in [0.1, 0.15) is 128 Å². The third-order valence-electron chi connectivity index (χ3n) is 14.5. The van der Waals surface area contributed by atoms with Crippen molar-refractivity contribution in [3.05, 3.63) is 133 Å². The van der Waals surface area contributed by atoms with Gasteiger partial charge in [0.15, 0.2) is 11.6 Å². The smallest absolute Gasteiger partial charge is 0.321 e. The summed E-state index contributed by atoms with van der Waals surface area (Å²) in [5.74, 6) is -4.26. The minimum Gasteiger partial charge on any atom is -0.350 e. The van der Waals surface area contributed by atoms with Gasteiger partial charge in [-0.25, -0.2) is 13.6 Å². The second-order valence-electron chi connectivity index (χ2n) is 20.9. The van der Waals surface area contributed by atoms with E-state index in [0.717, 1.165) is 44.9 Å². The van der Waals surface area contributed by atoms with Gasteiger partial charge in [0, 0.05) is 90.2 Å². The normalized spacial score (nSPS) is 14.4. The number of halogens is 4. The van der Waals surface area contributed by atoms with E-state index < -0.39 is 29.4 Å². The Labute approximate surface area is 499 Å². The third-order valence-corrected chi connectivity index (χ3v) is 15.1. The molecule has 4 heterocycles. The number of carbonyl (C=O) groups is 8. The highest BCUT2D eigenvalue weighted by molar-refractivity contribution is 6.31. The quantitative estimate of drug-likeness (QED) is 0.0272. The van der Waals surface area contributed by atoms with Crippen LogP contribution < -0.4 is 21.3 Å². The van der Waals surface area contributed by atoms with Gasteiger partial charge in [-0.1, -0.05) is 61.3 Å². The summed E-state index contributed by atoms with van der Waals surface area (Å²) in [5.41, 5.74) is 10.8. The minimum absolute atomic E-state index is 0. The molecule has 0 spiro atoms. The topological polar surface area (TPSA) is 279 Å². The fourth-order valence-corrected chi connectivity index (χ4v) is 10.1. The van der Waals surface area contributed by atoms with Crippen molar-refractivity contribution in [2.45, 2.75) is 124 Å². The zero-order valence-corrected chi connectivity index (χ0v) is 48.0. The summed E-state index contributed by atoms with van der Waals surface area (Å²) in [5, 5.41) is 24.0. The minimum atomic E-state index is -0.814. The summed E-state index contributed by atoms with van der Waals surface area (Å²) < 4.78 is 31.1. The number of hydrogen-bond acceptors (Lipinski definition) is 11. The van der Waals surface area contributed by atoms with Gasteiger partial charge in [0.05, 0.1) is 34.2 Å². The predicted molar refractivity (Wildman–Crippen MR) is 317 cm³/mol. The lowest BCUT2D eigenvalue weighted by atomic mass is 10.1. The molecule has 4 aliphatic rings. The van der Waals surface area contributed by atoms with Gasteiger partial charge in [-0.05, 0) is 130 Å². The van der Waals surface area contributed by atoms with Crippen LogP contribution in [-0.2, 0) is 45.4 Å². The average molecular weight is 1210 g/mol. The maximum atomic E-state index is 14.2. The molecule has 6 aromatic rings. The van der Waals surface area contributed by atoms with Gasteiger partial charge in [-0.3, -0.25) is 42.9 Å². The Morgan fingerprint density at radius 3 is 1.58 bits per heavy atom. The van der Waals surface area contributed by atoms with E-state index in [2.05, 4.69) is 41.5 Å². The van der Waals surface area contributed by atoms with Crippen molar-refractivity contribution < 1.29 is 47.1 Å². The number of urea groups is 1. The first-order valence-electron chi connectivity index (χ1n) is 27.8. The highest BCUT2D eigenvalue weighted by Gasteiger charge is 2.36. The summed E-state index contributed by atoms with van der Waals surface area (Å²) in [6.45, 7) is 5.65. The number of amides is 7. The van der Waals surface area contributed by atoms with Crippen LogP contribution in [0.4, 0.5) is 19.3 Å². The van der Waals surface area contributed by atoms with E-state index in [1.165, 1.54) is 108 Å². The Morgan fingerprint density at radius 2 is 1.14 bits per heavy atom. The van der Waals surface area contributed by atoms with Gasteiger partial charge in [-0.15, -0.1) is 0 Å². The molecule has 0 atom stereocenters. The molecule has 2 aliphatic heterocycles. The summed E-state index contributed by atoms with van der Waals surface area (Å²) in [7, 11) is 0. The molecule has 4 aromatic carbocycles. The maximum Gasteiger partial charge on any atom is 0.321 e. The van der Waals surface area contributed by atoms with Crippen LogP contribution in [0.25, 0.3) is 32.2 Å². The fraction of sp³-hybridized carbons (Fsp3) is 0.424. The molecule has 0 radical (unpaired) electrons. The number of ketones is 2. The summed E-state index contributed by atoms with van der Waals surface area (Å²) in [4.78, 5) is 108. The number of likely N-dealkylation sites (tertiary alicyclic amines) is 1. The van der Waals surface area contributed by atoms with E-state index in [0.29, 0.717) is 40.6 Å². The van der Waals surface area contributed by atoms with Gasteiger partial charge in [-0.2, -0.15) is 10.2 Å². The molecule has 2 saturated heterocycles. The number of hydrogen-bond donors (Lipinski definition) is 4. The molecule has 0 bridgehead atoms. The lowest BCUT2D eigenvalue weighted by Crippen LogP contribution is -2.43. The SMILES string of the molecule is C.C1CCNCC1.CC(=O)c1nn(CC(=O)N(CC(=O)NCc2cccc(Cl)c2F)C2CC2)c2ccc(C(=O)N=[N+]=[N-])cc12.CC(=O)c1nn(CC(=O)N(CC(=O)NCc2cccc(Cl)c2F)C2CC2)c2ccc(NC(=O)N3CCCCC3)cc12. The van der Waals surface area contributed by atoms with Crippen molar-refractivity contribution in [1.82, 2.24) is 50.2 Å². The first-order valence-corrected chi connectivity index (χ1v) is 28.5. The van der Waals surface area contributed by atoms with Crippen molar-refractivity contribution in [2.75, 3.05) is 44.6 Å². The molecular weight excluding hydrogens is 1140 g/mol. The monoisotopic (exact) mass is 1210 g/mol. The Balaban J connectivity index is 0.000000220. The van der Waals surface area contributed by atoms with E-state index >= 15 is 0 Å². The van der Waals surface area contributed by atoms with E-state index in [1.807, 2.05) is 0 Å². The van der Waals surface area contributed by atoms with Gasteiger partial charge in [0.1, 0.15) is 36.1 Å². The van der Waals surface area contributed by atoms with Crippen LogP contribution >= 0.6 is 23.2 Å². The molecule has 4 fully saturated rings. The Hall–Kier alpha value is -8.31. The van der Waals surface area contributed by atoms with Crippen LogP contribution in [0.3, 0.4) is 0 Å². The lowest BCUT2D eigenvalue weighted by molar-refractivity contribution is -0.137. The number of benzene rings is 4. The molecule has 10 rings (SSSR count). The number of aromatic nitrogens is 4. The van der Waals surface area contributed by atoms with E-state index in [-0.39, 0.29) is 126 Å². The first-order chi connectivity index (χ1) is 40.4. The zero-order chi connectivity index (χ0) is 60.0. The molecule has 450 valence electrons. The van der Waals surface area contributed by atoms with E-state index in [1.54, 1.807) is 35.2 Å². The van der Waals surface area contributed by atoms with Crippen molar-refractivity contribution in [2.24, 2.45) is 5.11 Å². The number of azide groups is 1. The van der Waals surface area contributed by atoms with Crippen LogP contribution in [-0.4, -0.2) is 133 Å². The van der Waals surface area contributed by atoms with Gasteiger partial charge in [0.2, 0.25) is 29.5 Å². The summed E-state index contributed by atoms with van der Waals surface area (Å²) in [6, 6.07) is 18.1. The molecule has 26 heteroatoms. The first kappa shape index (κ1) is 64.3. The number of nitrogens with one attached hydrogen (secondary N) is 4. The average Bonchev–Trinajstić information content (AvgIpc) is 4.64. The number of rotatable bonds is 18. The van der Waals surface area contributed by atoms with Crippen molar-refractivity contribution in [1.29, 1.82) is 0 Å². The predicted octanol–water partition coefficient (Wildman–Crippen LogP) is 9.54.